The van der Waals surface area contributed by atoms with Crippen LogP contribution in [0.15, 0.2) is 23.6 Å². The minimum atomic E-state index is 0.545. The van der Waals surface area contributed by atoms with E-state index in [-0.39, 0.29) is 0 Å². The van der Waals surface area contributed by atoms with Crippen molar-refractivity contribution in [3.8, 4) is 5.75 Å². The third-order valence-corrected chi connectivity index (χ3v) is 4.32. The van der Waals surface area contributed by atoms with E-state index < -0.39 is 0 Å². The SMILES string of the molecule is Cc1ccc(OCc2csc(CNC3CC3)n2)c(C)c1. The molecule has 1 aromatic carbocycles. The molecular formula is C16H20N2OS. The third-order valence-electron chi connectivity index (χ3n) is 3.42. The summed E-state index contributed by atoms with van der Waals surface area (Å²) < 4.78 is 5.85. The van der Waals surface area contributed by atoms with E-state index in [1.165, 1.54) is 24.0 Å². The number of aryl methyl sites for hydroxylation is 2. The van der Waals surface area contributed by atoms with Crippen molar-refractivity contribution in [2.75, 3.05) is 0 Å². The van der Waals surface area contributed by atoms with E-state index in [4.69, 9.17) is 4.74 Å². The predicted octanol–water partition coefficient (Wildman–Crippen LogP) is 3.59. The maximum atomic E-state index is 5.85. The number of nitrogens with one attached hydrogen (secondary N) is 1. The van der Waals surface area contributed by atoms with Gasteiger partial charge in [0.25, 0.3) is 0 Å². The maximum Gasteiger partial charge on any atom is 0.131 e. The number of hydrogen-bond donors (Lipinski definition) is 1. The zero-order valence-electron chi connectivity index (χ0n) is 12.0. The number of hydrogen-bond acceptors (Lipinski definition) is 4. The zero-order chi connectivity index (χ0) is 13.9. The molecule has 20 heavy (non-hydrogen) atoms. The Hall–Kier alpha value is -1.39. The normalized spacial score (nSPS) is 14.5. The van der Waals surface area contributed by atoms with Crippen LogP contribution in [0.1, 0.15) is 34.7 Å². The van der Waals surface area contributed by atoms with Crippen LogP contribution in [-0.2, 0) is 13.2 Å². The molecule has 0 spiro atoms. The van der Waals surface area contributed by atoms with Crippen molar-refractivity contribution >= 4 is 11.3 Å². The quantitative estimate of drug-likeness (QED) is 0.882. The Balaban J connectivity index is 1.54. The van der Waals surface area contributed by atoms with Gasteiger partial charge in [0.1, 0.15) is 17.4 Å². The van der Waals surface area contributed by atoms with Gasteiger partial charge in [0.05, 0.1) is 5.69 Å². The highest BCUT2D eigenvalue weighted by molar-refractivity contribution is 7.09. The maximum absolute atomic E-state index is 5.85. The molecule has 1 aliphatic carbocycles. The van der Waals surface area contributed by atoms with E-state index in [2.05, 4.69) is 41.7 Å². The first kappa shape index (κ1) is 13.6. The summed E-state index contributed by atoms with van der Waals surface area (Å²) >= 11 is 1.71. The minimum absolute atomic E-state index is 0.545. The van der Waals surface area contributed by atoms with Gasteiger partial charge >= 0.3 is 0 Å². The van der Waals surface area contributed by atoms with Crippen LogP contribution in [-0.4, -0.2) is 11.0 Å². The topological polar surface area (TPSA) is 34.1 Å². The Labute approximate surface area is 124 Å². The number of benzene rings is 1. The van der Waals surface area contributed by atoms with E-state index >= 15 is 0 Å². The summed E-state index contributed by atoms with van der Waals surface area (Å²) in [4.78, 5) is 4.60. The molecule has 0 radical (unpaired) electrons. The molecule has 1 fully saturated rings. The Morgan fingerprint density at radius 3 is 2.95 bits per heavy atom. The molecule has 1 aliphatic rings. The molecule has 4 heteroatoms. The second kappa shape index (κ2) is 5.94. The summed E-state index contributed by atoms with van der Waals surface area (Å²) in [5, 5.41) is 6.72. The van der Waals surface area contributed by atoms with Crippen LogP contribution in [0.25, 0.3) is 0 Å². The van der Waals surface area contributed by atoms with Gasteiger partial charge in [-0.1, -0.05) is 17.7 Å². The molecule has 0 unspecified atom stereocenters. The van der Waals surface area contributed by atoms with Crippen LogP contribution in [0, 0.1) is 13.8 Å². The van der Waals surface area contributed by atoms with Crippen LogP contribution in [0.4, 0.5) is 0 Å². The van der Waals surface area contributed by atoms with Crippen molar-refractivity contribution in [2.45, 2.75) is 45.9 Å². The average Bonchev–Trinajstić information content (AvgIpc) is 3.14. The van der Waals surface area contributed by atoms with Gasteiger partial charge in [-0.25, -0.2) is 4.98 Å². The lowest BCUT2D eigenvalue weighted by molar-refractivity contribution is 0.299. The third kappa shape index (κ3) is 3.58. The van der Waals surface area contributed by atoms with Gasteiger partial charge in [0, 0.05) is 18.0 Å². The number of rotatable bonds is 6. The molecule has 1 saturated carbocycles. The van der Waals surface area contributed by atoms with Gasteiger partial charge in [-0.15, -0.1) is 11.3 Å². The fraction of sp³-hybridized carbons (Fsp3) is 0.438. The Bertz CT molecular complexity index is 590. The first-order valence-electron chi connectivity index (χ1n) is 7.07. The Morgan fingerprint density at radius 1 is 1.35 bits per heavy atom. The standard InChI is InChI=1S/C16H20N2OS/c1-11-3-6-15(12(2)7-11)19-9-14-10-20-16(18-14)8-17-13-4-5-13/h3,6-7,10,13,17H,4-5,8-9H2,1-2H3. The van der Waals surface area contributed by atoms with Gasteiger partial charge < -0.3 is 10.1 Å². The highest BCUT2D eigenvalue weighted by Crippen LogP contribution is 2.22. The molecule has 3 rings (SSSR count). The molecule has 2 aromatic rings. The predicted molar refractivity (Wildman–Crippen MR) is 82.2 cm³/mol. The van der Waals surface area contributed by atoms with Gasteiger partial charge in [-0.2, -0.15) is 0 Å². The molecule has 1 aromatic heterocycles. The summed E-state index contributed by atoms with van der Waals surface area (Å²) in [6, 6.07) is 6.98. The van der Waals surface area contributed by atoms with Crippen molar-refractivity contribution in [3.05, 3.63) is 45.4 Å². The van der Waals surface area contributed by atoms with Crippen molar-refractivity contribution in [3.63, 3.8) is 0 Å². The zero-order valence-corrected chi connectivity index (χ0v) is 12.8. The molecule has 3 nitrogen and oxygen atoms in total. The molecule has 0 aliphatic heterocycles. The van der Waals surface area contributed by atoms with E-state index in [0.29, 0.717) is 6.61 Å². The molecule has 0 bridgehead atoms. The largest absolute Gasteiger partial charge is 0.487 e. The number of thiazole rings is 1. The van der Waals surface area contributed by atoms with Crippen LogP contribution in [0.3, 0.4) is 0 Å². The van der Waals surface area contributed by atoms with Gasteiger partial charge in [0.2, 0.25) is 0 Å². The fourth-order valence-electron chi connectivity index (χ4n) is 2.13. The summed E-state index contributed by atoms with van der Waals surface area (Å²) in [7, 11) is 0. The molecule has 106 valence electrons. The monoisotopic (exact) mass is 288 g/mol. The number of aromatic nitrogens is 1. The van der Waals surface area contributed by atoms with Crippen LogP contribution in [0.5, 0.6) is 5.75 Å². The summed E-state index contributed by atoms with van der Waals surface area (Å²) in [6.45, 7) is 5.60. The van der Waals surface area contributed by atoms with Crippen LogP contribution < -0.4 is 10.1 Å². The van der Waals surface area contributed by atoms with Gasteiger partial charge in [-0.3, -0.25) is 0 Å². The van der Waals surface area contributed by atoms with Crippen molar-refractivity contribution in [1.82, 2.24) is 10.3 Å². The Kier molecular flexibility index (Phi) is 4.03. The Morgan fingerprint density at radius 2 is 2.20 bits per heavy atom. The average molecular weight is 288 g/mol. The lowest BCUT2D eigenvalue weighted by Crippen LogP contribution is -2.15. The van der Waals surface area contributed by atoms with E-state index in [0.717, 1.165) is 29.0 Å². The number of nitrogens with zero attached hydrogens (tertiary/aromatic N) is 1. The summed E-state index contributed by atoms with van der Waals surface area (Å²) in [5.41, 5.74) is 3.45. The van der Waals surface area contributed by atoms with Crippen LogP contribution in [0.2, 0.25) is 0 Å². The van der Waals surface area contributed by atoms with Gasteiger partial charge in [-0.05, 0) is 38.3 Å². The lowest BCUT2D eigenvalue weighted by Gasteiger charge is -2.08. The molecule has 0 saturated heterocycles. The molecule has 1 heterocycles. The fourth-order valence-corrected chi connectivity index (χ4v) is 2.86. The van der Waals surface area contributed by atoms with E-state index in [1.807, 2.05) is 6.07 Å². The smallest absolute Gasteiger partial charge is 0.131 e. The molecule has 0 amide bonds. The summed E-state index contributed by atoms with van der Waals surface area (Å²) in [5.74, 6) is 0.946. The van der Waals surface area contributed by atoms with Crippen molar-refractivity contribution in [1.29, 1.82) is 0 Å². The lowest BCUT2D eigenvalue weighted by atomic mass is 10.1. The molecular weight excluding hydrogens is 268 g/mol. The van der Waals surface area contributed by atoms with E-state index in [9.17, 15) is 0 Å². The molecule has 1 N–H and O–H groups in total. The first-order valence-corrected chi connectivity index (χ1v) is 7.95. The highest BCUT2D eigenvalue weighted by Gasteiger charge is 2.20. The van der Waals surface area contributed by atoms with E-state index in [1.54, 1.807) is 11.3 Å². The second-order valence-corrected chi connectivity index (χ2v) is 6.39. The highest BCUT2D eigenvalue weighted by atomic mass is 32.1. The number of ether oxygens (including phenoxy) is 1. The van der Waals surface area contributed by atoms with Gasteiger partial charge in [0.15, 0.2) is 0 Å². The second-order valence-electron chi connectivity index (χ2n) is 5.45. The minimum Gasteiger partial charge on any atom is -0.487 e. The first-order chi connectivity index (χ1) is 9.70. The molecule has 0 atom stereocenters. The van der Waals surface area contributed by atoms with Crippen molar-refractivity contribution in [2.24, 2.45) is 0 Å². The summed E-state index contributed by atoms with van der Waals surface area (Å²) in [6.07, 6.45) is 2.63. The van der Waals surface area contributed by atoms with Crippen molar-refractivity contribution < 1.29 is 4.74 Å². The van der Waals surface area contributed by atoms with Crippen LogP contribution >= 0.6 is 11.3 Å².